The number of aliphatic imine (C=N–C) groups is 1. The summed E-state index contributed by atoms with van der Waals surface area (Å²) in [5, 5.41) is 7.66. The van der Waals surface area contributed by atoms with Crippen molar-refractivity contribution in [3.05, 3.63) is 16.4 Å². The number of hydrogen-bond donors (Lipinski definition) is 0. The van der Waals surface area contributed by atoms with Crippen molar-refractivity contribution in [2.45, 2.75) is 0 Å². The van der Waals surface area contributed by atoms with E-state index in [0.717, 1.165) is 0 Å². The average molecular weight is 219 g/mol. The molecule has 0 aliphatic carbocycles. The van der Waals surface area contributed by atoms with Crippen molar-refractivity contribution in [1.82, 2.24) is 15.1 Å². The molecule has 70 valence electrons. The van der Waals surface area contributed by atoms with E-state index in [1.54, 1.807) is 11.2 Å². The molecule has 1 aromatic heterocycles. The maximum Gasteiger partial charge on any atom is 0.172 e. The Morgan fingerprint density at radius 1 is 1.46 bits per heavy atom. The van der Waals surface area contributed by atoms with Crippen LogP contribution in [-0.2, 0) is 0 Å². The molecule has 0 unspecified atom stereocenters. The molecule has 0 aliphatic heterocycles. The molecule has 6 heteroatoms. The Labute approximate surface area is 86.2 Å². The molecule has 0 fully saturated rings. The van der Waals surface area contributed by atoms with E-state index >= 15 is 0 Å². The summed E-state index contributed by atoms with van der Waals surface area (Å²) in [6, 6.07) is 0. The molecule has 1 rings (SSSR count). The van der Waals surface area contributed by atoms with E-state index < -0.39 is 0 Å². The van der Waals surface area contributed by atoms with Crippen molar-refractivity contribution in [2.75, 3.05) is 14.1 Å². The fraction of sp³-hybridized carbons (Fsp3) is 0.286. The molecule has 0 saturated carbocycles. The zero-order chi connectivity index (χ0) is 9.84. The van der Waals surface area contributed by atoms with Crippen molar-refractivity contribution in [3.8, 4) is 0 Å². The lowest BCUT2D eigenvalue weighted by molar-refractivity contribution is 0.643. The molecule has 0 aromatic carbocycles. The van der Waals surface area contributed by atoms with Gasteiger partial charge in [0.05, 0.1) is 12.5 Å². The summed E-state index contributed by atoms with van der Waals surface area (Å²) in [5.41, 5.74) is 0.510. The standard InChI is InChI=1S/C7H8Cl2N4/c1-13(2)4-10-5-3-11-12-7(9)6(5)8/h3-4H,1-2H3. The third kappa shape index (κ3) is 2.82. The maximum absolute atomic E-state index is 5.81. The predicted octanol–water partition coefficient (Wildman–Crippen LogP) is 2.00. The second kappa shape index (κ2) is 4.39. The first kappa shape index (κ1) is 10.2. The zero-order valence-corrected chi connectivity index (χ0v) is 8.71. The van der Waals surface area contributed by atoms with Crippen LogP contribution in [0.15, 0.2) is 11.2 Å². The number of hydrogen-bond acceptors (Lipinski definition) is 3. The van der Waals surface area contributed by atoms with Crippen LogP contribution in [0.4, 0.5) is 5.69 Å². The highest BCUT2D eigenvalue weighted by atomic mass is 35.5. The maximum atomic E-state index is 5.81. The third-order valence-corrected chi connectivity index (χ3v) is 1.89. The molecule has 0 saturated heterocycles. The van der Waals surface area contributed by atoms with Gasteiger partial charge in [0.25, 0.3) is 0 Å². The number of halogens is 2. The molecule has 0 aliphatic rings. The lowest BCUT2D eigenvalue weighted by atomic mass is 10.5. The first-order valence-electron chi connectivity index (χ1n) is 3.48. The minimum Gasteiger partial charge on any atom is -0.369 e. The fourth-order valence-corrected chi connectivity index (χ4v) is 0.884. The summed E-state index contributed by atoms with van der Waals surface area (Å²) in [6.07, 6.45) is 3.06. The van der Waals surface area contributed by atoms with E-state index in [0.29, 0.717) is 10.7 Å². The van der Waals surface area contributed by atoms with Gasteiger partial charge in [-0.15, -0.1) is 5.10 Å². The molecule has 0 atom stereocenters. The Kier molecular flexibility index (Phi) is 3.45. The van der Waals surface area contributed by atoms with E-state index in [2.05, 4.69) is 15.2 Å². The van der Waals surface area contributed by atoms with Crippen LogP contribution in [0.1, 0.15) is 0 Å². The number of nitrogens with zero attached hydrogens (tertiary/aromatic N) is 4. The van der Waals surface area contributed by atoms with Crippen molar-refractivity contribution in [3.63, 3.8) is 0 Å². The van der Waals surface area contributed by atoms with Gasteiger partial charge in [0.15, 0.2) is 5.15 Å². The molecule has 0 N–H and O–H groups in total. The van der Waals surface area contributed by atoms with Crippen LogP contribution in [0.25, 0.3) is 0 Å². The second-order valence-electron chi connectivity index (χ2n) is 2.54. The lowest BCUT2D eigenvalue weighted by Gasteiger charge is -2.02. The Hall–Kier alpha value is -0.870. The van der Waals surface area contributed by atoms with Crippen LogP contribution >= 0.6 is 23.2 Å². The van der Waals surface area contributed by atoms with Crippen LogP contribution in [-0.4, -0.2) is 35.5 Å². The minimum atomic E-state index is 0.162. The van der Waals surface area contributed by atoms with Crippen LogP contribution in [0.2, 0.25) is 10.2 Å². The SMILES string of the molecule is CN(C)C=Nc1cnnc(Cl)c1Cl. The van der Waals surface area contributed by atoms with E-state index in [1.165, 1.54) is 6.20 Å². The highest BCUT2D eigenvalue weighted by molar-refractivity contribution is 6.42. The van der Waals surface area contributed by atoms with Crippen molar-refractivity contribution < 1.29 is 0 Å². The van der Waals surface area contributed by atoms with Crippen LogP contribution in [0.5, 0.6) is 0 Å². The van der Waals surface area contributed by atoms with Crippen LogP contribution in [0.3, 0.4) is 0 Å². The number of rotatable bonds is 2. The fourth-order valence-electron chi connectivity index (χ4n) is 0.608. The van der Waals surface area contributed by atoms with Gasteiger partial charge in [-0.25, -0.2) is 4.99 Å². The van der Waals surface area contributed by atoms with Gasteiger partial charge in [-0.05, 0) is 0 Å². The van der Waals surface area contributed by atoms with Crippen molar-refractivity contribution in [2.24, 2.45) is 4.99 Å². The average Bonchev–Trinajstić information content (AvgIpc) is 2.07. The zero-order valence-electron chi connectivity index (χ0n) is 7.20. The minimum absolute atomic E-state index is 0.162. The molecule has 1 aromatic rings. The van der Waals surface area contributed by atoms with Crippen molar-refractivity contribution >= 4 is 35.2 Å². The summed E-state index contributed by atoms with van der Waals surface area (Å²) in [6.45, 7) is 0. The molecule has 0 spiro atoms. The molecule has 13 heavy (non-hydrogen) atoms. The molecular formula is C7H8Cl2N4. The van der Waals surface area contributed by atoms with Gasteiger partial charge in [-0.1, -0.05) is 23.2 Å². The molecule has 0 radical (unpaired) electrons. The van der Waals surface area contributed by atoms with Crippen LogP contribution in [0, 0.1) is 0 Å². The van der Waals surface area contributed by atoms with Gasteiger partial charge in [0, 0.05) is 14.1 Å². The smallest absolute Gasteiger partial charge is 0.172 e. The van der Waals surface area contributed by atoms with E-state index in [-0.39, 0.29) is 5.15 Å². The van der Waals surface area contributed by atoms with E-state index in [1.807, 2.05) is 14.1 Å². The van der Waals surface area contributed by atoms with Crippen LogP contribution < -0.4 is 0 Å². The molecule has 0 bridgehead atoms. The summed E-state index contributed by atoms with van der Waals surface area (Å²) in [5.74, 6) is 0. The first-order valence-corrected chi connectivity index (χ1v) is 4.24. The molecular weight excluding hydrogens is 211 g/mol. The summed E-state index contributed by atoms with van der Waals surface area (Å²) < 4.78 is 0. The lowest BCUT2D eigenvalue weighted by Crippen LogP contribution is -2.07. The summed E-state index contributed by atoms with van der Waals surface area (Å²) in [7, 11) is 3.71. The molecule has 4 nitrogen and oxygen atoms in total. The number of aromatic nitrogens is 2. The quantitative estimate of drug-likeness (QED) is 0.564. The van der Waals surface area contributed by atoms with Gasteiger partial charge in [0.1, 0.15) is 10.7 Å². The Bertz CT molecular complexity index is 324. The molecule has 1 heterocycles. The topological polar surface area (TPSA) is 41.4 Å². The second-order valence-corrected chi connectivity index (χ2v) is 3.28. The van der Waals surface area contributed by atoms with Crippen molar-refractivity contribution in [1.29, 1.82) is 0 Å². The predicted molar refractivity (Wildman–Crippen MR) is 53.9 cm³/mol. The largest absolute Gasteiger partial charge is 0.369 e. The van der Waals surface area contributed by atoms with Gasteiger partial charge in [0.2, 0.25) is 0 Å². The summed E-state index contributed by atoms with van der Waals surface area (Å²) in [4.78, 5) is 5.83. The van der Waals surface area contributed by atoms with E-state index in [9.17, 15) is 0 Å². The normalized spacial score (nSPS) is 10.8. The highest BCUT2D eigenvalue weighted by Crippen LogP contribution is 2.28. The van der Waals surface area contributed by atoms with Gasteiger partial charge in [-0.3, -0.25) is 0 Å². The van der Waals surface area contributed by atoms with E-state index in [4.69, 9.17) is 23.2 Å². The Balaban J connectivity index is 2.95. The third-order valence-electron chi connectivity index (χ3n) is 1.16. The molecule has 0 amide bonds. The highest BCUT2D eigenvalue weighted by Gasteiger charge is 2.04. The Morgan fingerprint density at radius 3 is 2.77 bits per heavy atom. The Morgan fingerprint density at radius 2 is 2.15 bits per heavy atom. The van der Waals surface area contributed by atoms with Gasteiger partial charge in [-0.2, -0.15) is 5.10 Å². The first-order chi connectivity index (χ1) is 6.11. The summed E-state index contributed by atoms with van der Waals surface area (Å²) >= 11 is 11.4. The monoisotopic (exact) mass is 218 g/mol. The van der Waals surface area contributed by atoms with Gasteiger partial charge < -0.3 is 4.90 Å². The van der Waals surface area contributed by atoms with Gasteiger partial charge >= 0.3 is 0 Å².